The molecular formula is C13H22N2OS. The molecule has 0 bridgehead atoms. The van der Waals surface area contributed by atoms with Crippen molar-refractivity contribution in [1.29, 1.82) is 0 Å². The highest BCUT2D eigenvalue weighted by Crippen LogP contribution is 2.27. The number of rotatable bonds is 7. The van der Waals surface area contributed by atoms with Crippen LogP contribution in [-0.4, -0.2) is 18.6 Å². The first kappa shape index (κ1) is 14.4. The second-order valence-electron chi connectivity index (χ2n) is 4.39. The lowest BCUT2D eigenvalue weighted by molar-refractivity contribution is 0.403. The second kappa shape index (κ2) is 7.58. The van der Waals surface area contributed by atoms with Crippen molar-refractivity contribution in [3.63, 3.8) is 0 Å². The van der Waals surface area contributed by atoms with Gasteiger partial charge in [-0.3, -0.25) is 11.3 Å². The van der Waals surface area contributed by atoms with Gasteiger partial charge in [-0.1, -0.05) is 32.0 Å². The van der Waals surface area contributed by atoms with Crippen LogP contribution in [0.1, 0.15) is 25.5 Å². The molecule has 0 spiro atoms. The molecule has 0 aliphatic rings. The molecule has 0 radical (unpaired) electrons. The van der Waals surface area contributed by atoms with Crippen LogP contribution in [0.25, 0.3) is 0 Å². The quantitative estimate of drug-likeness (QED) is 0.580. The summed E-state index contributed by atoms with van der Waals surface area (Å²) in [5.74, 6) is 9.32. The predicted octanol–water partition coefficient (Wildman–Crippen LogP) is 2.59. The Labute approximate surface area is 108 Å². The maximum Gasteiger partial charge on any atom is 0.123 e. The Morgan fingerprint density at radius 2 is 2.00 bits per heavy atom. The topological polar surface area (TPSA) is 47.3 Å². The molecule has 4 heteroatoms. The number of hydrogen-bond acceptors (Lipinski definition) is 4. The van der Waals surface area contributed by atoms with E-state index in [1.165, 1.54) is 0 Å². The number of methoxy groups -OCH3 is 1. The molecule has 0 heterocycles. The van der Waals surface area contributed by atoms with Gasteiger partial charge in [0.25, 0.3) is 0 Å². The van der Waals surface area contributed by atoms with Crippen molar-refractivity contribution in [2.75, 3.05) is 18.6 Å². The summed E-state index contributed by atoms with van der Waals surface area (Å²) in [6.07, 6.45) is 0. The Kier molecular flexibility index (Phi) is 6.40. The summed E-state index contributed by atoms with van der Waals surface area (Å²) >= 11 is 1.91. The lowest BCUT2D eigenvalue weighted by Gasteiger charge is -2.19. The molecule has 0 saturated carbocycles. The first-order chi connectivity index (χ1) is 8.19. The molecule has 1 aromatic carbocycles. The van der Waals surface area contributed by atoms with Gasteiger partial charge in [0.2, 0.25) is 0 Å². The number of para-hydroxylation sites is 1. The predicted molar refractivity (Wildman–Crippen MR) is 75.2 cm³/mol. The summed E-state index contributed by atoms with van der Waals surface area (Å²) in [6.45, 7) is 4.45. The van der Waals surface area contributed by atoms with Gasteiger partial charge < -0.3 is 4.74 Å². The molecule has 0 fully saturated rings. The zero-order valence-corrected chi connectivity index (χ0v) is 11.6. The highest BCUT2D eigenvalue weighted by Gasteiger charge is 2.14. The van der Waals surface area contributed by atoms with Gasteiger partial charge in [0.05, 0.1) is 13.2 Å². The van der Waals surface area contributed by atoms with Crippen molar-refractivity contribution in [2.45, 2.75) is 19.9 Å². The molecule has 17 heavy (non-hydrogen) atoms. The maximum absolute atomic E-state index is 5.63. The molecule has 3 nitrogen and oxygen atoms in total. The number of ether oxygens (including phenoxy) is 1. The van der Waals surface area contributed by atoms with E-state index in [0.717, 1.165) is 22.8 Å². The van der Waals surface area contributed by atoms with Gasteiger partial charge in [-0.05, 0) is 17.7 Å². The number of hydrazine groups is 1. The molecule has 0 amide bonds. The van der Waals surface area contributed by atoms with Crippen LogP contribution in [0, 0.1) is 5.92 Å². The molecule has 0 saturated heterocycles. The van der Waals surface area contributed by atoms with E-state index in [-0.39, 0.29) is 6.04 Å². The van der Waals surface area contributed by atoms with Crippen LogP contribution in [0.4, 0.5) is 0 Å². The molecule has 96 valence electrons. The van der Waals surface area contributed by atoms with Crippen molar-refractivity contribution >= 4 is 11.8 Å². The summed E-state index contributed by atoms with van der Waals surface area (Å²) in [4.78, 5) is 0. The van der Waals surface area contributed by atoms with Crippen LogP contribution in [0.2, 0.25) is 0 Å². The Hall–Kier alpha value is -0.710. The Balaban J connectivity index is 2.65. The van der Waals surface area contributed by atoms with Gasteiger partial charge >= 0.3 is 0 Å². The summed E-state index contributed by atoms with van der Waals surface area (Å²) in [5.41, 5.74) is 3.99. The summed E-state index contributed by atoms with van der Waals surface area (Å²) in [5, 5.41) is 0. The van der Waals surface area contributed by atoms with Crippen LogP contribution < -0.4 is 16.0 Å². The average Bonchev–Trinajstić information content (AvgIpc) is 2.34. The minimum Gasteiger partial charge on any atom is -0.496 e. The van der Waals surface area contributed by atoms with E-state index in [9.17, 15) is 0 Å². The van der Waals surface area contributed by atoms with Crippen molar-refractivity contribution < 1.29 is 4.74 Å². The van der Waals surface area contributed by atoms with Gasteiger partial charge in [0.1, 0.15) is 5.75 Å². The van der Waals surface area contributed by atoms with Gasteiger partial charge in [-0.25, -0.2) is 0 Å². The molecule has 0 aliphatic carbocycles. The molecule has 3 N–H and O–H groups in total. The SMILES string of the molecule is COc1ccccc1C(CSCC(C)C)NN. The zero-order valence-electron chi connectivity index (χ0n) is 10.8. The van der Waals surface area contributed by atoms with Crippen LogP contribution in [-0.2, 0) is 0 Å². The number of nitrogens with two attached hydrogens (primary N) is 1. The molecule has 1 aromatic rings. The molecule has 0 aliphatic heterocycles. The Bertz CT molecular complexity index is 331. The minimum absolute atomic E-state index is 0.134. The lowest BCUT2D eigenvalue weighted by atomic mass is 10.1. The van der Waals surface area contributed by atoms with Gasteiger partial charge in [-0.15, -0.1) is 0 Å². The van der Waals surface area contributed by atoms with Gasteiger partial charge in [0.15, 0.2) is 0 Å². The molecule has 1 rings (SSSR count). The number of thioether (sulfide) groups is 1. The zero-order chi connectivity index (χ0) is 12.7. The largest absolute Gasteiger partial charge is 0.496 e. The van der Waals surface area contributed by atoms with Crippen molar-refractivity contribution in [1.82, 2.24) is 5.43 Å². The number of hydrogen-bond donors (Lipinski definition) is 2. The number of nitrogens with one attached hydrogen (secondary N) is 1. The number of benzene rings is 1. The first-order valence-corrected chi connectivity index (χ1v) is 7.01. The van der Waals surface area contributed by atoms with E-state index in [2.05, 4.69) is 25.3 Å². The minimum atomic E-state index is 0.134. The fraction of sp³-hybridized carbons (Fsp3) is 0.538. The van der Waals surface area contributed by atoms with Crippen molar-refractivity contribution in [2.24, 2.45) is 11.8 Å². The highest BCUT2D eigenvalue weighted by molar-refractivity contribution is 7.99. The van der Waals surface area contributed by atoms with E-state index in [0.29, 0.717) is 5.92 Å². The van der Waals surface area contributed by atoms with E-state index >= 15 is 0 Å². The smallest absolute Gasteiger partial charge is 0.123 e. The van der Waals surface area contributed by atoms with Crippen LogP contribution in [0.3, 0.4) is 0 Å². The fourth-order valence-corrected chi connectivity index (χ4v) is 2.72. The monoisotopic (exact) mass is 254 g/mol. The fourth-order valence-electron chi connectivity index (χ4n) is 1.60. The van der Waals surface area contributed by atoms with E-state index < -0.39 is 0 Å². The third-order valence-electron chi connectivity index (χ3n) is 2.45. The third-order valence-corrected chi connectivity index (χ3v) is 3.92. The highest BCUT2D eigenvalue weighted by atomic mass is 32.2. The van der Waals surface area contributed by atoms with Crippen LogP contribution in [0.5, 0.6) is 5.75 Å². The second-order valence-corrected chi connectivity index (χ2v) is 5.47. The molecule has 1 unspecified atom stereocenters. The maximum atomic E-state index is 5.63. The normalized spacial score (nSPS) is 12.8. The van der Waals surface area contributed by atoms with E-state index in [1.54, 1.807) is 7.11 Å². The van der Waals surface area contributed by atoms with Crippen molar-refractivity contribution in [3.8, 4) is 5.75 Å². The third kappa shape index (κ3) is 4.58. The van der Waals surface area contributed by atoms with Gasteiger partial charge in [0, 0.05) is 11.3 Å². The van der Waals surface area contributed by atoms with Crippen molar-refractivity contribution in [3.05, 3.63) is 29.8 Å². The Morgan fingerprint density at radius 3 is 2.59 bits per heavy atom. The summed E-state index contributed by atoms with van der Waals surface area (Å²) < 4.78 is 5.35. The Morgan fingerprint density at radius 1 is 1.29 bits per heavy atom. The summed E-state index contributed by atoms with van der Waals surface area (Å²) in [7, 11) is 1.69. The standard InChI is InChI=1S/C13H22N2OS/c1-10(2)8-17-9-12(15-14)11-6-4-5-7-13(11)16-3/h4-7,10,12,15H,8-9,14H2,1-3H3. The first-order valence-electron chi connectivity index (χ1n) is 5.85. The average molecular weight is 254 g/mol. The van der Waals surface area contributed by atoms with Crippen LogP contribution in [0.15, 0.2) is 24.3 Å². The van der Waals surface area contributed by atoms with E-state index in [1.807, 2.05) is 30.0 Å². The molecular weight excluding hydrogens is 232 g/mol. The van der Waals surface area contributed by atoms with Gasteiger partial charge in [-0.2, -0.15) is 11.8 Å². The molecule has 1 atom stereocenters. The van der Waals surface area contributed by atoms with E-state index in [4.69, 9.17) is 10.6 Å². The summed E-state index contributed by atoms with van der Waals surface area (Å²) in [6, 6.07) is 8.13. The molecule has 0 aromatic heterocycles. The lowest BCUT2D eigenvalue weighted by Crippen LogP contribution is -2.30. The van der Waals surface area contributed by atoms with Crippen LogP contribution >= 0.6 is 11.8 Å².